The summed E-state index contributed by atoms with van der Waals surface area (Å²) in [5.41, 5.74) is -0.928. The molecular weight excluding hydrogens is 371 g/mol. The molecule has 1 aromatic carbocycles. The van der Waals surface area contributed by atoms with Crippen LogP contribution in [-0.4, -0.2) is 14.8 Å². The van der Waals surface area contributed by atoms with Gasteiger partial charge in [0.1, 0.15) is 11.5 Å². The van der Waals surface area contributed by atoms with E-state index in [1.165, 1.54) is 18.3 Å². The van der Waals surface area contributed by atoms with Gasteiger partial charge in [0.05, 0.1) is 26.0 Å². The summed E-state index contributed by atoms with van der Waals surface area (Å²) in [4.78, 5) is 25.3. The molecule has 0 radical (unpaired) electrons. The molecule has 1 N–H and O–H groups in total. The van der Waals surface area contributed by atoms with Gasteiger partial charge in [-0.2, -0.15) is 0 Å². The molecule has 0 saturated heterocycles. The first-order valence-electron chi connectivity index (χ1n) is 7.06. The van der Waals surface area contributed by atoms with Crippen molar-refractivity contribution < 1.29 is 9.85 Å². The van der Waals surface area contributed by atoms with E-state index >= 15 is 0 Å². The first-order valence-corrected chi connectivity index (χ1v) is 7.81. The number of non-ortho nitro benzene ring substituents is 1. The predicted molar refractivity (Wildman–Crippen MR) is 96.0 cm³/mol. The molecule has 0 saturated carbocycles. The Hall–Kier alpha value is -2.45. The van der Waals surface area contributed by atoms with Crippen LogP contribution in [0.1, 0.15) is 26.3 Å². The van der Waals surface area contributed by atoms with E-state index in [9.17, 15) is 20.2 Å². The van der Waals surface area contributed by atoms with Gasteiger partial charge in [-0.1, -0.05) is 44.0 Å². The molecule has 1 aromatic heterocycles. The third-order valence-electron chi connectivity index (χ3n) is 3.37. The van der Waals surface area contributed by atoms with E-state index in [2.05, 4.69) is 10.3 Å². The fourth-order valence-corrected chi connectivity index (χ4v) is 2.64. The molecule has 25 heavy (non-hydrogen) atoms. The maximum absolute atomic E-state index is 11.5. The van der Waals surface area contributed by atoms with Crippen LogP contribution in [0.2, 0.25) is 10.0 Å². The molecule has 0 unspecified atom stereocenters. The Balaban J connectivity index is 2.73. The van der Waals surface area contributed by atoms with Crippen LogP contribution in [0.15, 0.2) is 24.4 Å². The largest absolute Gasteiger partial charge is 0.333 e. The normalized spacial score (nSPS) is 11.2. The standard InChI is InChI=1S/C15H14Cl2N4O4/c1-15(2,3)10-5-9(20(22)23)6-12(21(24)25)13(10)19-14-11(17)4-8(16)7-18-14/h4-7H,1-3H3,(H,18,19). The highest BCUT2D eigenvalue weighted by Crippen LogP contribution is 2.41. The summed E-state index contributed by atoms with van der Waals surface area (Å²) in [5.74, 6) is 0.161. The molecule has 0 aliphatic rings. The molecule has 1 heterocycles. The Bertz CT molecular complexity index is 865. The molecule has 2 aromatic rings. The Morgan fingerprint density at radius 1 is 1.08 bits per heavy atom. The molecule has 0 bridgehead atoms. The van der Waals surface area contributed by atoms with E-state index in [1.54, 1.807) is 20.8 Å². The quantitative estimate of drug-likeness (QED) is 0.569. The zero-order chi connectivity index (χ0) is 18.9. The lowest BCUT2D eigenvalue weighted by molar-refractivity contribution is -0.393. The number of hydrogen-bond acceptors (Lipinski definition) is 6. The maximum atomic E-state index is 11.5. The van der Waals surface area contributed by atoms with Crippen molar-refractivity contribution in [3.05, 3.63) is 60.2 Å². The number of aromatic nitrogens is 1. The van der Waals surface area contributed by atoms with E-state index in [0.717, 1.165) is 6.07 Å². The summed E-state index contributed by atoms with van der Waals surface area (Å²) < 4.78 is 0. The molecule has 10 heteroatoms. The highest BCUT2D eigenvalue weighted by Gasteiger charge is 2.30. The SMILES string of the molecule is CC(C)(C)c1cc([N+](=O)[O-])cc([N+](=O)[O-])c1Nc1ncc(Cl)cc1Cl. The topological polar surface area (TPSA) is 111 Å². The molecule has 8 nitrogen and oxygen atoms in total. The van der Waals surface area contributed by atoms with Gasteiger partial charge in [0.25, 0.3) is 11.4 Å². The third-order valence-corrected chi connectivity index (χ3v) is 3.86. The Labute approximate surface area is 153 Å². The molecule has 2 rings (SSSR count). The molecule has 0 spiro atoms. The summed E-state index contributed by atoms with van der Waals surface area (Å²) in [6, 6.07) is 3.65. The number of pyridine rings is 1. The predicted octanol–water partition coefficient (Wildman–Crippen LogP) is 5.25. The third kappa shape index (κ3) is 4.15. The second kappa shape index (κ2) is 6.81. The van der Waals surface area contributed by atoms with Crippen LogP contribution in [0.5, 0.6) is 0 Å². The second-order valence-electron chi connectivity index (χ2n) is 6.26. The number of nitro benzene ring substituents is 2. The molecule has 132 valence electrons. The van der Waals surface area contributed by atoms with Gasteiger partial charge in [0.15, 0.2) is 0 Å². The number of benzene rings is 1. The van der Waals surface area contributed by atoms with Crippen LogP contribution in [-0.2, 0) is 5.41 Å². The number of rotatable bonds is 4. The van der Waals surface area contributed by atoms with Gasteiger partial charge in [-0.25, -0.2) is 4.98 Å². The monoisotopic (exact) mass is 384 g/mol. The van der Waals surface area contributed by atoms with Crippen molar-refractivity contribution in [2.75, 3.05) is 5.32 Å². The number of nitro groups is 2. The molecule has 0 fully saturated rings. The summed E-state index contributed by atoms with van der Waals surface area (Å²) in [6.45, 7) is 5.37. The summed E-state index contributed by atoms with van der Waals surface area (Å²) >= 11 is 11.9. The average Bonchev–Trinajstić information content (AvgIpc) is 2.48. The summed E-state index contributed by atoms with van der Waals surface area (Å²) in [6.07, 6.45) is 1.34. The number of anilines is 2. The van der Waals surface area contributed by atoms with Crippen molar-refractivity contribution in [1.29, 1.82) is 0 Å². The van der Waals surface area contributed by atoms with E-state index in [1.807, 2.05) is 0 Å². The van der Waals surface area contributed by atoms with Crippen molar-refractivity contribution in [3.63, 3.8) is 0 Å². The molecule has 0 amide bonds. The van der Waals surface area contributed by atoms with Crippen LogP contribution in [0.3, 0.4) is 0 Å². The maximum Gasteiger partial charge on any atom is 0.299 e. The van der Waals surface area contributed by atoms with E-state index < -0.39 is 20.9 Å². The lowest BCUT2D eigenvalue weighted by Crippen LogP contribution is -2.16. The van der Waals surface area contributed by atoms with Gasteiger partial charge < -0.3 is 5.32 Å². The molecule has 0 aliphatic heterocycles. The minimum absolute atomic E-state index is 0.0971. The lowest BCUT2D eigenvalue weighted by Gasteiger charge is -2.23. The lowest BCUT2D eigenvalue weighted by atomic mass is 9.85. The van der Waals surface area contributed by atoms with Crippen LogP contribution >= 0.6 is 23.2 Å². The fourth-order valence-electron chi connectivity index (χ4n) is 2.21. The zero-order valence-corrected chi connectivity index (χ0v) is 15.1. The van der Waals surface area contributed by atoms with Crippen molar-refractivity contribution in [3.8, 4) is 0 Å². The van der Waals surface area contributed by atoms with Crippen molar-refractivity contribution in [2.24, 2.45) is 0 Å². The van der Waals surface area contributed by atoms with Gasteiger partial charge in [0.2, 0.25) is 0 Å². The van der Waals surface area contributed by atoms with E-state index in [4.69, 9.17) is 23.2 Å². The highest BCUT2D eigenvalue weighted by atomic mass is 35.5. The van der Waals surface area contributed by atoms with Crippen molar-refractivity contribution >= 4 is 46.1 Å². The molecule has 0 aliphatic carbocycles. The Morgan fingerprint density at radius 2 is 1.72 bits per heavy atom. The van der Waals surface area contributed by atoms with E-state index in [0.29, 0.717) is 10.6 Å². The first kappa shape index (κ1) is 18.9. The minimum Gasteiger partial charge on any atom is -0.333 e. The highest BCUT2D eigenvalue weighted by molar-refractivity contribution is 6.36. The van der Waals surface area contributed by atoms with Gasteiger partial charge in [-0.3, -0.25) is 20.2 Å². The second-order valence-corrected chi connectivity index (χ2v) is 7.10. The van der Waals surface area contributed by atoms with Crippen LogP contribution < -0.4 is 5.32 Å². The van der Waals surface area contributed by atoms with Gasteiger partial charge in [-0.05, 0) is 17.0 Å². The summed E-state index contributed by atoms with van der Waals surface area (Å²) in [5, 5.41) is 25.9. The van der Waals surface area contributed by atoms with Crippen LogP contribution in [0, 0.1) is 20.2 Å². The van der Waals surface area contributed by atoms with Crippen LogP contribution in [0.4, 0.5) is 22.9 Å². The van der Waals surface area contributed by atoms with Gasteiger partial charge >= 0.3 is 0 Å². The number of nitrogens with one attached hydrogen (secondary N) is 1. The Kier molecular flexibility index (Phi) is 5.15. The smallest absolute Gasteiger partial charge is 0.299 e. The van der Waals surface area contributed by atoms with Crippen molar-refractivity contribution in [2.45, 2.75) is 26.2 Å². The molecular formula is C15H14Cl2N4O4. The van der Waals surface area contributed by atoms with Gasteiger partial charge in [-0.15, -0.1) is 0 Å². The first-order chi connectivity index (χ1) is 11.5. The van der Waals surface area contributed by atoms with Crippen LogP contribution in [0.25, 0.3) is 0 Å². The van der Waals surface area contributed by atoms with Gasteiger partial charge in [0, 0.05) is 12.3 Å². The number of hydrogen-bond donors (Lipinski definition) is 1. The summed E-state index contributed by atoms with van der Waals surface area (Å²) in [7, 11) is 0. The zero-order valence-electron chi connectivity index (χ0n) is 13.5. The number of nitrogens with zero attached hydrogens (tertiary/aromatic N) is 3. The minimum atomic E-state index is -0.686. The average molecular weight is 385 g/mol. The van der Waals surface area contributed by atoms with E-state index in [-0.39, 0.29) is 22.2 Å². The molecule has 0 atom stereocenters. The van der Waals surface area contributed by atoms with Crippen molar-refractivity contribution in [1.82, 2.24) is 4.98 Å². The Morgan fingerprint density at radius 3 is 2.20 bits per heavy atom. The number of halogens is 2. The fraction of sp³-hybridized carbons (Fsp3) is 0.267.